The first-order valence-corrected chi connectivity index (χ1v) is 10.5. The van der Waals surface area contributed by atoms with Crippen LogP contribution in [0.2, 0.25) is 0 Å². The minimum absolute atomic E-state index is 0.0679. The molecule has 0 saturated heterocycles. The summed E-state index contributed by atoms with van der Waals surface area (Å²) in [7, 11) is 0. The van der Waals surface area contributed by atoms with Gasteiger partial charge in [-0.2, -0.15) is 0 Å². The molecule has 0 radical (unpaired) electrons. The number of benzene rings is 2. The molecule has 162 valence electrons. The van der Waals surface area contributed by atoms with Crippen molar-refractivity contribution in [3.8, 4) is 5.75 Å². The first-order chi connectivity index (χ1) is 14.9. The molecule has 1 aromatic heterocycles. The molecule has 1 unspecified atom stereocenters. The Hall–Kier alpha value is -3.40. The number of nitrogens with one attached hydrogen (secondary N) is 1. The zero-order valence-electron chi connectivity index (χ0n) is 17.0. The zero-order chi connectivity index (χ0) is 22.4. The first kappa shape index (κ1) is 22.3. The van der Waals surface area contributed by atoms with Crippen LogP contribution < -0.4 is 15.8 Å². The predicted octanol–water partition coefficient (Wildman–Crippen LogP) is 3.41. The Morgan fingerprint density at radius 2 is 1.90 bits per heavy atom. The van der Waals surface area contributed by atoms with Crippen molar-refractivity contribution in [1.82, 2.24) is 14.8 Å². The second-order valence-corrected chi connectivity index (χ2v) is 7.49. The van der Waals surface area contributed by atoms with E-state index in [9.17, 15) is 14.0 Å². The number of carbonyl (C=O) groups is 2. The lowest BCUT2D eigenvalue weighted by Gasteiger charge is -2.15. The summed E-state index contributed by atoms with van der Waals surface area (Å²) >= 11 is 1.22. The Bertz CT molecular complexity index is 1070. The molecule has 10 heteroatoms. The molecule has 31 heavy (non-hydrogen) atoms. The molecular weight excluding hydrogens is 421 g/mol. The minimum Gasteiger partial charge on any atom is -0.483 e. The molecule has 8 nitrogen and oxygen atoms in total. The molecule has 3 N–H and O–H groups in total. The highest BCUT2D eigenvalue weighted by atomic mass is 32.2. The summed E-state index contributed by atoms with van der Waals surface area (Å²) in [5.74, 6) is -0.0869. The van der Waals surface area contributed by atoms with Gasteiger partial charge in [0.15, 0.2) is 17.1 Å². The number of hydrogen-bond acceptors (Lipinski definition) is 6. The Labute approximate surface area is 183 Å². The lowest BCUT2D eigenvalue weighted by molar-refractivity contribution is -0.113. The summed E-state index contributed by atoms with van der Waals surface area (Å²) in [6.45, 7) is 4.33. The molecular formula is C21H22FN5O3S. The van der Waals surface area contributed by atoms with Gasteiger partial charge in [-0.15, -0.1) is 10.2 Å². The number of para-hydroxylation sites is 1. The van der Waals surface area contributed by atoms with Gasteiger partial charge in [-0.1, -0.05) is 23.9 Å². The number of hydrogen-bond donors (Lipinski definition) is 2. The Morgan fingerprint density at radius 1 is 1.19 bits per heavy atom. The van der Waals surface area contributed by atoms with Crippen molar-refractivity contribution >= 4 is 29.3 Å². The van der Waals surface area contributed by atoms with E-state index < -0.39 is 12.0 Å². The van der Waals surface area contributed by atoms with Crippen LogP contribution in [-0.4, -0.2) is 32.3 Å². The molecule has 0 aliphatic rings. The number of carbonyl (C=O) groups excluding carboxylic acids is 2. The second kappa shape index (κ2) is 10.1. The number of anilines is 1. The zero-order valence-corrected chi connectivity index (χ0v) is 17.9. The summed E-state index contributed by atoms with van der Waals surface area (Å²) in [6, 6.07) is 12.3. The van der Waals surface area contributed by atoms with E-state index in [4.69, 9.17) is 10.5 Å². The molecule has 1 heterocycles. The number of aromatic nitrogens is 3. The molecule has 3 aromatic rings. The Kier molecular flexibility index (Phi) is 7.24. The molecule has 0 bridgehead atoms. The van der Waals surface area contributed by atoms with Gasteiger partial charge in [0.2, 0.25) is 5.91 Å². The van der Waals surface area contributed by atoms with Gasteiger partial charge in [0.25, 0.3) is 5.91 Å². The lowest BCUT2D eigenvalue weighted by Crippen LogP contribution is -2.19. The van der Waals surface area contributed by atoms with Crippen LogP contribution in [0.4, 0.5) is 10.1 Å². The van der Waals surface area contributed by atoms with Gasteiger partial charge >= 0.3 is 0 Å². The molecule has 2 aromatic carbocycles. The Morgan fingerprint density at radius 3 is 2.58 bits per heavy atom. The summed E-state index contributed by atoms with van der Waals surface area (Å²) in [6.07, 6.45) is -0.427. The van der Waals surface area contributed by atoms with E-state index in [1.807, 2.05) is 18.4 Å². The van der Waals surface area contributed by atoms with Crippen molar-refractivity contribution in [1.29, 1.82) is 0 Å². The summed E-state index contributed by atoms with van der Waals surface area (Å²) in [5, 5.41) is 11.6. The first-order valence-electron chi connectivity index (χ1n) is 9.55. The van der Waals surface area contributed by atoms with E-state index in [2.05, 4.69) is 15.5 Å². The fraction of sp³-hybridized carbons (Fsp3) is 0.238. The molecule has 0 aliphatic carbocycles. The van der Waals surface area contributed by atoms with E-state index in [1.54, 1.807) is 36.4 Å². The number of rotatable bonds is 9. The third-order valence-corrected chi connectivity index (χ3v) is 5.32. The average Bonchev–Trinajstić information content (AvgIpc) is 3.17. The average molecular weight is 444 g/mol. The van der Waals surface area contributed by atoms with Crippen LogP contribution in [0.25, 0.3) is 0 Å². The quantitative estimate of drug-likeness (QED) is 0.490. The van der Waals surface area contributed by atoms with Crippen molar-refractivity contribution < 1.29 is 18.7 Å². The highest BCUT2D eigenvalue weighted by Gasteiger charge is 2.20. The molecule has 1 atom stereocenters. The van der Waals surface area contributed by atoms with Gasteiger partial charge in [-0.25, -0.2) is 4.39 Å². The monoisotopic (exact) mass is 443 g/mol. The fourth-order valence-electron chi connectivity index (χ4n) is 2.90. The van der Waals surface area contributed by atoms with Gasteiger partial charge < -0.3 is 20.4 Å². The van der Waals surface area contributed by atoms with Gasteiger partial charge in [0, 0.05) is 6.54 Å². The number of nitrogens with zero attached hydrogens (tertiary/aromatic N) is 3. The van der Waals surface area contributed by atoms with Crippen LogP contribution in [0.3, 0.4) is 0 Å². The Balaban J connectivity index is 1.65. The maximum absolute atomic E-state index is 13.1. The van der Waals surface area contributed by atoms with Crippen molar-refractivity contribution in [3.63, 3.8) is 0 Å². The van der Waals surface area contributed by atoms with Crippen LogP contribution in [0, 0.1) is 5.82 Å². The van der Waals surface area contributed by atoms with E-state index >= 15 is 0 Å². The highest BCUT2D eigenvalue weighted by Crippen LogP contribution is 2.25. The SMILES string of the molecule is CCn1c(SCC(=O)Nc2ccccc2C(N)=O)nnc1C(C)Oc1ccc(F)cc1. The van der Waals surface area contributed by atoms with E-state index in [0.29, 0.717) is 29.0 Å². The van der Waals surface area contributed by atoms with Crippen LogP contribution in [0.15, 0.2) is 53.7 Å². The highest BCUT2D eigenvalue weighted by molar-refractivity contribution is 7.99. The maximum atomic E-state index is 13.1. The number of amides is 2. The second-order valence-electron chi connectivity index (χ2n) is 6.55. The topological polar surface area (TPSA) is 112 Å². The van der Waals surface area contributed by atoms with E-state index in [1.165, 1.54) is 23.9 Å². The minimum atomic E-state index is -0.617. The molecule has 0 aliphatic heterocycles. The fourth-order valence-corrected chi connectivity index (χ4v) is 3.71. The van der Waals surface area contributed by atoms with Gasteiger partial charge in [-0.3, -0.25) is 9.59 Å². The normalized spacial score (nSPS) is 11.7. The molecule has 2 amide bonds. The summed E-state index contributed by atoms with van der Waals surface area (Å²) in [4.78, 5) is 23.9. The largest absolute Gasteiger partial charge is 0.483 e. The smallest absolute Gasteiger partial charge is 0.250 e. The van der Waals surface area contributed by atoms with Gasteiger partial charge in [0.1, 0.15) is 11.6 Å². The van der Waals surface area contributed by atoms with Gasteiger partial charge in [-0.05, 0) is 50.2 Å². The van der Waals surface area contributed by atoms with Crippen LogP contribution >= 0.6 is 11.8 Å². The summed E-state index contributed by atoms with van der Waals surface area (Å²) < 4.78 is 20.8. The summed E-state index contributed by atoms with van der Waals surface area (Å²) in [5.41, 5.74) is 5.94. The van der Waals surface area contributed by atoms with E-state index in [0.717, 1.165) is 0 Å². The number of halogens is 1. The lowest BCUT2D eigenvalue weighted by atomic mass is 10.1. The van der Waals surface area contributed by atoms with Crippen molar-refractivity contribution in [2.24, 2.45) is 5.73 Å². The molecule has 0 fully saturated rings. The van der Waals surface area contributed by atoms with Crippen LogP contribution in [-0.2, 0) is 11.3 Å². The van der Waals surface area contributed by atoms with E-state index in [-0.39, 0.29) is 23.0 Å². The molecule has 3 rings (SSSR count). The van der Waals surface area contributed by atoms with Crippen molar-refractivity contribution in [3.05, 3.63) is 65.7 Å². The van der Waals surface area contributed by atoms with Crippen molar-refractivity contribution in [2.45, 2.75) is 31.7 Å². The third-order valence-electron chi connectivity index (χ3n) is 4.35. The third kappa shape index (κ3) is 5.60. The molecule has 0 spiro atoms. The number of ether oxygens (including phenoxy) is 1. The number of thioether (sulfide) groups is 1. The van der Waals surface area contributed by atoms with Crippen molar-refractivity contribution in [2.75, 3.05) is 11.1 Å². The van der Waals surface area contributed by atoms with Crippen LogP contribution in [0.1, 0.15) is 36.1 Å². The standard InChI is InChI=1S/C21H22FN5O3S/c1-3-27-20(13(2)30-15-10-8-14(22)9-11-15)25-26-21(27)31-12-18(28)24-17-7-5-4-6-16(17)19(23)29/h4-11,13H,3,12H2,1-2H3,(H2,23,29)(H,24,28). The number of primary amides is 1. The number of nitrogens with two attached hydrogens (primary N) is 1. The predicted molar refractivity (Wildman–Crippen MR) is 115 cm³/mol. The molecule has 0 saturated carbocycles. The maximum Gasteiger partial charge on any atom is 0.250 e. The van der Waals surface area contributed by atoms with Crippen LogP contribution in [0.5, 0.6) is 5.75 Å². The van der Waals surface area contributed by atoms with Gasteiger partial charge in [0.05, 0.1) is 17.0 Å².